The van der Waals surface area contributed by atoms with Gasteiger partial charge in [-0.15, -0.1) is 0 Å². The third-order valence-electron chi connectivity index (χ3n) is 1.95. The number of aliphatic hydroxyl groups excluding tert-OH is 2. The number of rotatable bonds is 14. The molecule has 0 aliphatic carbocycles. The molecule has 0 atom stereocenters. The summed E-state index contributed by atoms with van der Waals surface area (Å²) >= 11 is 0. The van der Waals surface area contributed by atoms with Crippen molar-refractivity contribution in [3.63, 3.8) is 0 Å². The quantitative estimate of drug-likeness (QED) is 0.137. The summed E-state index contributed by atoms with van der Waals surface area (Å²) in [6.45, 7) is 2.76. The molecule has 29 heavy (non-hydrogen) atoms. The molecule has 168 valence electrons. The molecule has 0 amide bonds. The predicted octanol–water partition coefficient (Wildman–Crippen LogP) is -1.56. The standard InChI is InChI=1S/C8H18O5.2C4H4O4/c9-1-3-11-5-7-13-8-6-12-4-2-10;2*5-3(6)1-2-4(7)8/h9-10H,1-8H2;2*1-2H,(H,5,6)(H,7,8). The highest BCUT2D eigenvalue weighted by molar-refractivity contribution is 5.90. The highest BCUT2D eigenvalue weighted by Gasteiger charge is 1.90. The van der Waals surface area contributed by atoms with Crippen LogP contribution in [0.5, 0.6) is 0 Å². The van der Waals surface area contributed by atoms with Gasteiger partial charge in [-0.3, -0.25) is 0 Å². The Kier molecular flexibility index (Phi) is 26.8. The Labute approximate surface area is 166 Å². The third kappa shape index (κ3) is 45.8. The Morgan fingerprint density at radius 1 is 0.483 bits per heavy atom. The summed E-state index contributed by atoms with van der Waals surface area (Å²) in [5.74, 6) is -5.03. The highest BCUT2D eigenvalue weighted by atomic mass is 16.5. The van der Waals surface area contributed by atoms with Crippen molar-refractivity contribution in [2.45, 2.75) is 0 Å². The van der Waals surface area contributed by atoms with Gasteiger partial charge in [0, 0.05) is 24.3 Å². The van der Waals surface area contributed by atoms with E-state index >= 15 is 0 Å². The fourth-order valence-electron chi connectivity index (χ4n) is 0.956. The SMILES string of the molecule is O=C(O)C=CC(=O)O.O=C(O)C=CC(=O)O.OCCOCCOCCOCCO. The van der Waals surface area contributed by atoms with E-state index in [4.69, 9.17) is 44.8 Å². The van der Waals surface area contributed by atoms with Gasteiger partial charge in [0.1, 0.15) is 0 Å². The molecule has 0 aromatic rings. The van der Waals surface area contributed by atoms with E-state index in [1.807, 2.05) is 0 Å². The lowest BCUT2D eigenvalue weighted by molar-refractivity contribution is -0.134. The number of hydrogen-bond donors (Lipinski definition) is 6. The first-order valence-electron chi connectivity index (χ1n) is 7.90. The van der Waals surface area contributed by atoms with Gasteiger partial charge in [0.05, 0.1) is 52.9 Å². The summed E-state index contributed by atoms with van der Waals surface area (Å²) < 4.78 is 15.0. The monoisotopic (exact) mass is 426 g/mol. The van der Waals surface area contributed by atoms with Gasteiger partial charge >= 0.3 is 23.9 Å². The van der Waals surface area contributed by atoms with Crippen LogP contribution >= 0.6 is 0 Å². The van der Waals surface area contributed by atoms with E-state index in [9.17, 15) is 19.2 Å². The minimum atomic E-state index is -1.26. The molecule has 0 radical (unpaired) electrons. The van der Waals surface area contributed by atoms with Gasteiger partial charge in [-0.05, 0) is 0 Å². The summed E-state index contributed by atoms with van der Waals surface area (Å²) in [4.78, 5) is 38.2. The Hall–Kier alpha value is -2.84. The van der Waals surface area contributed by atoms with Gasteiger partial charge in [0.15, 0.2) is 0 Å². The van der Waals surface area contributed by atoms with E-state index < -0.39 is 23.9 Å². The van der Waals surface area contributed by atoms with Gasteiger partial charge < -0.3 is 44.8 Å². The van der Waals surface area contributed by atoms with E-state index in [1.54, 1.807) is 0 Å². The molecule has 0 rings (SSSR count). The van der Waals surface area contributed by atoms with E-state index in [0.29, 0.717) is 63.9 Å². The number of hydrogen-bond acceptors (Lipinski definition) is 9. The molecule has 0 heterocycles. The van der Waals surface area contributed by atoms with Gasteiger partial charge in [0.2, 0.25) is 0 Å². The first kappa shape index (κ1) is 30.9. The largest absolute Gasteiger partial charge is 0.478 e. The van der Waals surface area contributed by atoms with Crippen LogP contribution in [0, 0.1) is 0 Å². The van der Waals surface area contributed by atoms with Crippen LogP contribution in [0.4, 0.5) is 0 Å². The molecule has 0 aliphatic rings. The summed E-state index contributed by atoms with van der Waals surface area (Å²) in [6.07, 6.45) is 2.23. The molecular formula is C16H26O13. The molecule has 13 heteroatoms. The van der Waals surface area contributed by atoms with Crippen molar-refractivity contribution >= 4 is 23.9 Å². The number of ether oxygens (including phenoxy) is 3. The Balaban J connectivity index is -0.000000368. The van der Waals surface area contributed by atoms with Gasteiger partial charge in [-0.2, -0.15) is 0 Å². The van der Waals surface area contributed by atoms with Crippen LogP contribution in [-0.4, -0.2) is 107 Å². The van der Waals surface area contributed by atoms with Crippen LogP contribution in [0.15, 0.2) is 24.3 Å². The maximum Gasteiger partial charge on any atom is 0.328 e. The summed E-state index contributed by atoms with van der Waals surface area (Å²) in [7, 11) is 0. The minimum Gasteiger partial charge on any atom is -0.478 e. The zero-order chi connectivity index (χ0) is 22.9. The summed E-state index contributed by atoms with van der Waals surface area (Å²) in [5, 5.41) is 48.0. The molecule has 6 N–H and O–H groups in total. The maximum atomic E-state index is 9.55. The van der Waals surface area contributed by atoms with Gasteiger partial charge in [0.25, 0.3) is 0 Å². The molecular weight excluding hydrogens is 400 g/mol. The molecule has 0 saturated heterocycles. The third-order valence-corrected chi connectivity index (χ3v) is 1.95. The van der Waals surface area contributed by atoms with E-state index in [-0.39, 0.29) is 13.2 Å². The van der Waals surface area contributed by atoms with Crippen molar-refractivity contribution in [3.05, 3.63) is 24.3 Å². The van der Waals surface area contributed by atoms with E-state index in [2.05, 4.69) is 0 Å². The van der Waals surface area contributed by atoms with Gasteiger partial charge in [-0.25, -0.2) is 19.2 Å². The predicted molar refractivity (Wildman–Crippen MR) is 95.5 cm³/mol. The molecule has 0 fully saturated rings. The Morgan fingerprint density at radius 2 is 0.690 bits per heavy atom. The maximum absolute atomic E-state index is 9.55. The highest BCUT2D eigenvalue weighted by Crippen LogP contribution is 1.80. The van der Waals surface area contributed by atoms with Crippen LogP contribution in [0.25, 0.3) is 0 Å². The molecule has 0 bridgehead atoms. The lowest BCUT2D eigenvalue weighted by Crippen LogP contribution is -2.11. The van der Waals surface area contributed by atoms with Crippen LogP contribution in [-0.2, 0) is 33.4 Å². The average Bonchev–Trinajstić information content (AvgIpc) is 2.64. The molecule has 0 unspecified atom stereocenters. The fourth-order valence-corrected chi connectivity index (χ4v) is 0.956. The zero-order valence-electron chi connectivity index (χ0n) is 15.5. The van der Waals surface area contributed by atoms with Crippen molar-refractivity contribution < 1.29 is 64.0 Å². The summed E-state index contributed by atoms with van der Waals surface area (Å²) in [6, 6.07) is 0. The first-order valence-corrected chi connectivity index (χ1v) is 7.90. The van der Waals surface area contributed by atoms with Crippen molar-refractivity contribution in [1.29, 1.82) is 0 Å². The molecule has 0 aromatic heterocycles. The number of carbonyl (C=O) groups is 4. The second-order valence-corrected chi connectivity index (χ2v) is 4.30. The first-order chi connectivity index (χ1) is 13.7. The van der Waals surface area contributed by atoms with Crippen LogP contribution < -0.4 is 0 Å². The molecule has 0 aromatic carbocycles. The molecule has 0 saturated carbocycles. The van der Waals surface area contributed by atoms with Crippen LogP contribution in [0.3, 0.4) is 0 Å². The Bertz CT molecular complexity index is 423. The summed E-state index contributed by atoms with van der Waals surface area (Å²) in [5.41, 5.74) is 0. The van der Waals surface area contributed by atoms with Crippen molar-refractivity contribution in [2.24, 2.45) is 0 Å². The number of carboxylic acid groups (broad SMARTS) is 4. The number of carboxylic acids is 4. The smallest absolute Gasteiger partial charge is 0.328 e. The van der Waals surface area contributed by atoms with Crippen molar-refractivity contribution in [3.8, 4) is 0 Å². The lowest BCUT2D eigenvalue weighted by Gasteiger charge is -2.04. The second-order valence-electron chi connectivity index (χ2n) is 4.30. The number of aliphatic carboxylic acids is 4. The fraction of sp³-hybridized carbons (Fsp3) is 0.500. The normalized spacial score (nSPS) is 10.0. The van der Waals surface area contributed by atoms with E-state index in [0.717, 1.165) is 0 Å². The second kappa shape index (κ2) is 25.2. The topological polar surface area (TPSA) is 217 Å². The molecule has 13 nitrogen and oxygen atoms in total. The van der Waals surface area contributed by atoms with Crippen LogP contribution in [0.1, 0.15) is 0 Å². The van der Waals surface area contributed by atoms with E-state index in [1.165, 1.54) is 0 Å². The zero-order valence-corrected chi connectivity index (χ0v) is 15.5. The van der Waals surface area contributed by atoms with Crippen LogP contribution in [0.2, 0.25) is 0 Å². The Morgan fingerprint density at radius 3 is 0.862 bits per heavy atom. The van der Waals surface area contributed by atoms with Gasteiger partial charge in [-0.1, -0.05) is 0 Å². The minimum absolute atomic E-state index is 0.0413. The van der Waals surface area contributed by atoms with Crippen molar-refractivity contribution in [1.82, 2.24) is 0 Å². The number of aliphatic hydroxyl groups is 2. The molecule has 0 spiro atoms. The van der Waals surface area contributed by atoms with Crippen molar-refractivity contribution in [2.75, 3.05) is 52.9 Å². The lowest BCUT2D eigenvalue weighted by atomic mass is 10.5. The molecule has 0 aliphatic heterocycles. The average molecular weight is 426 g/mol.